The topological polar surface area (TPSA) is 132 Å². The number of nitro benzene ring substituents is 2. The van der Waals surface area contributed by atoms with Gasteiger partial charge in [-0.25, -0.2) is 4.79 Å². The molecule has 0 N–H and O–H groups in total. The number of non-ortho nitro benzene ring substituents is 1. The van der Waals surface area contributed by atoms with E-state index >= 15 is 0 Å². The molecule has 1 fully saturated rings. The molecule has 1 aliphatic rings. The van der Waals surface area contributed by atoms with Crippen molar-refractivity contribution in [1.29, 1.82) is 0 Å². The molecule has 2 aromatic rings. The zero-order chi connectivity index (χ0) is 21.0. The van der Waals surface area contributed by atoms with Crippen LogP contribution in [0.25, 0.3) is 0 Å². The Kier molecular flexibility index (Phi) is 5.98. The van der Waals surface area contributed by atoms with Crippen LogP contribution >= 0.6 is 0 Å². The fraction of sp³-hybridized carbons (Fsp3) is 0.333. The Morgan fingerprint density at radius 2 is 1.76 bits per heavy atom. The van der Waals surface area contributed by atoms with Crippen LogP contribution in [0, 0.1) is 20.2 Å². The third-order valence-corrected chi connectivity index (χ3v) is 4.73. The third-order valence-electron chi connectivity index (χ3n) is 4.73. The van der Waals surface area contributed by atoms with Crippen LogP contribution in [0.15, 0.2) is 36.7 Å². The second-order valence-corrected chi connectivity index (χ2v) is 6.49. The van der Waals surface area contributed by atoms with Gasteiger partial charge in [0.2, 0.25) is 0 Å². The van der Waals surface area contributed by atoms with Gasteiger partial charge in [-0.1, -0.05) is 0 Å². The predicted octanol–water partition coefficient (Wildman–Crippen LogP) is 2.01. The predicted molar refractivity (Wildman–Crippen MR) is 103 cm³/mol. The first-order valence-electron chi connectivity index (χ1n) is 8.82. The van der Waals surface area contributed by atoms with Crippen LogP contribution in [0.2, 0.25) is 0 Å². The molecule has 1 saturated heterocycles. The minimum absolute atomic E-state index is 0.0519. The number of methoxy groups -OCH3 is 1. The van der Waals surface area contributed by atoms with Crippen molar-refractivity contribution in [2.45, 2.75) is 6.54 Å². The first-order valence-corrected chi connectivity index (χ1v) is 8.82. The monoisotopic (exact) mass is 401 g/mol. The van der Waals surface area contributed by atoms with Crippen molar-refractivity contribution in [3.63, 3.8) is 0 Å². The van der Waals surface area contributed by atoms with Crippen LogP contribution in [-0.2, 0) is 11.3 Å². The molecule has 1 aromatic carbocycles. The average molecular weight is 401 g/mol. The molecule has 1 aromatic heterocycles. The minimum atomic E-state index is -0.856. The summed E-state index contributed by atoms with van der Waals surface area (Å²) in [7, 11) is 1.13. The quantitative estimate of drug-likeness (QED) is 0.405. The highest BCUT2D eigenvalue weighted by Gasteiger charge is 2.32. The van der Waals surface area contributed by atoms with E-state index in [9.17, 15) is 25.0 Å². The highest BCUT2D eigenvalue weighted by molar-refractivity contribution is 5.99. The molecule has 0 unspecified atom stereocenters. The Balaban J connectivity index is 1.88. The molecule has 152 valence electrons. The molecule has 11 nitrogen and oxygen atoms in total. The summed E-state index contributed by atoms with van der Waals surface area (Å²) >= 11 is 0. The summed E-state index contributed by atoms with van der Waals surface area (Å²) in [6.45, 7) is 2.78. The Labute approximate surface area is 165 Å². The number of anilines is 1. The van der Waals surface area contributed by atoms with Crippen molar-refractivity contribution in [3.8, 4) is 0 Å². The fourth-order valence-electron chi connectivity index (χ4n) is 3.32. The number of carbonyl (C=O) groups is 1. The number of carbonyl (C=O) groups excluding carboxylic acids is 1. The maximum Gasteiger partial charge on any atom is 0.340 e. The van der Waals surface area contributed by atoms with E-state index < -0.39 is 27.2 Å². The van der Waals surface area contributed by atoms with E-state index in [0.29, 0.717) is 32.7 Å². The molecule has 0 bridgehead atoms. The highest BCUT2D eigenvalue weighted by atomic mass is 16.6. The van der Waals surface area contributed by atoms with Crippen molar-refractivity contribution in [1.82, 2.24) is 9.88 Å². The lowest BCUT2D eigenvalue weighted by atomic mass is 10.1. The number of esters is 1. The fourth-order valence-corrected chi connectivity index (χ4v) is 3.32. The molecule has 0 radical (unpaired) electrons. The minimum Gasteiger partial charge on any atom is -0.465 e. The number of ether oxygens (including phenoxy) is 1. The SMILES string of the molecule is COC(=O)c1cc([N+](=O)[O-])cc([N+](=O)[O-])c1N1CCN(Cc2ccncc2)CC1. The van der Waals surface area contributed by atoms with Gasteiger partial charge in [0.25, 0.3) is 11.4 Å². The lowest BCUT2D eigenvalue weighted by Gasteiger charge is -2.36. The smallest absolute Gasteiger partial charge is 0.340 e. The van der Waals surface area contributed by atoms with Gasteiger partial charge in [-0.2, -0.15) is 0 Å². The van der Waals surface area contributed by atoms with Gasteiger partial charge in [0.1, 0.15) is 5.69 Å². The second-order valence-electron chi connectivity index (χ2n) is 6.49. The molecule has 2 heterocycles. The van der Waals surface area contributed by atoms with Crippen molar-refractivity contribution in [2.75, 3.05) is 38.2 Å². The molecular weight excluding hydrogens is 382 g/mol. The molecule has 29 heavy (non-hydrogen) atoms. The van der Waals surface area contributed by atoms with Gasteiger partial charge >= 0.3 is 5.97 Å². The summed E-state index contributed by atoms with van der Waals surface area (Å²) in [5.74, 6) is -0.856. The number of benzene rings is 1. The van der Waals surface area contributed by atoms with E-state index in [4.69, 9.17) is 4.74 Å². The molecule has 0 spiro atoms. The van der Waals surface area contributed by atoms with E-state index in [-0.39, 0.29) is 11.3 Å². The summed E-state index contributed by atoms with van der Waals surface area (Å²) in [6.07, 6.45) is 3.43. The zero-order valence-corrected chi connectivity index (χ0v) is 15.7. The lowest BCUT2D eigenvalue weighted by Crippen LogP contribution is -2.46. The van der Waals surface area contributed by atoms with Crippen molar-refractivity contribution >= 4 is 23.0 Å². The number of piperazine rings is 1. The summed E-state index contributed by atoms with van der Waals surface area (Å²) < 4.78 is 4.71. The normalized spacial score (nSPS) is 14.4. The van der Waals surface area contributed by atoms with E-state index in [1.807, 2.05) is 12.1 Å². The van der Waals surface area contributed by atoms with E-state index in [2.05, 4.69) is 9.88 Å². The Morgan fingerprint density at radius 1 is 1.10 bits per heavy atom. The highest BCUT2D eigenvalue weighted by Crippen LogP contribution is 2.37. The Hall–Kier alpha value is -3.60. The van der Waals surface area contributed by atoms with Crippen LogP contribution in [0.5, 0.6) is 0 Å². The number of nitrogens with zero attached hydrogens (tertiary/aromatic N) is 5. The van der Waals surface area contributed by atoms with Gasteiger partial charge in [0.05, 0.1) is 28.6 Å². The molecule has 0 saturated carbocycles. The largest absolute Gasteiger partial charge is 0.465 e. The molecule has 0 amide bonds. The first kappa shape index (κ1) is 20.1. The van der Waals surface area contributed by atoms with E-state index in [1.54, 1.807) is 17.3 Å². The van der Waals surface area contributed by atoms with Crippen molar-refractivity contribution < 1.29 is 19.4 Å². The summed E-state index contributed by atoms with van der Waals surface area (Å²) in [6, 6.07) is 5.74. The van der Waals surface area contributed by atoms with Gasteiger partial charge in [0, 0.05) is 51.2 Å². The Bertz CT molecular complexity index is 928. The maximum atomic E-state index is 12.2. The van der Waals surface area contributed by atoms with Crippen LogP contribution in [-0.4, -0.2) is 59.0 Å². The molecule has 0 aliphatic carbocycles. The molecular formula is C18H19N5O6. The number of nitro groups is 2. The van der Waals surface area contributed by atoms with Crippen LogP contribution in [0.3, 0.4) is 0 Å². The molecule has 0 atom stereocenters. The average Bonchev–Trinajstić information content (AvgIpc) is 2.73. The first-order chi connectivity index (χ1) is 13.9. The van der Waals surface area contributed by atoms with Gasteiger partial charge < -0.3 is 9.64 Å². The van der Waals surface area contributed by atoms with Crippen molar-refractivity contribution in [3.05, 3.63) is 68.0 Å². The molecule has 1 aliphatic heterocycles. The number of aromatic nitrogens is 1. The van der Waals surface area contributed by atoms with Crippen LogP contribution in [0.4, 0.5) is 17.1 Å². The molecule has 3 rings (SSSR count). The Morgan fingerprint density at radius 3 is 2.31 bits per heavy atom. The van der Waals surface area contributed by atoms with Gasteiger partial charge in [-0.05, 0) is 17.7 Å². The summed E-state index contributed by atoms with van der Waals surface area (Å²) in [4.78, 5) is 41.4. The van der Waals surface area contributed by atoms with Crippen LogP contribution in [0.1, 0.15) is 15.9 Å². The second kappa shape index (κ2) is 8.61. The summed E-state index contributed by atoms with van der Waals surface area (Å²) in [5, 5.41) is 22.7. The maximum absolute atomic E-state index is 12.2. The zero-order valence-electron chi connectivity index (χ0n) is 15.7. The van der Waals surface area contributed by atoms with Crippen molar-refractivity contribution in [2.24, 2.45) is 0 Å². The number of hydrogen-bond acceptors (Lipinski definition) is 9. The van der Waals surface area contributed by atoms with E-state index in [1.165, 1.54) is 0 Å². The van der Waals surface area contributed by atoms with Crippen LogP contribution < -0.4 is 4.90 Å². The standard InChI is InChI=1S/C18H19N5O6/c1-29-18(24)15-10-14(22(25)26)11-16(23(27)28)17(15)21-8-6-20(7-9-21)12-13-2-4-19-5-3-13/h2-5,10-11H,6-9,12H2,1H3. The number of pyridine rings is 1. The molecule has 11 heteroatoms. The number of hydrogen-bond donors (Lipinski definition) is 0. The summed E-state index contributed by atoms with van der Waals surface area (Å²) in [5.41, 5.74) is -0.0450. The van der Waals surface area contributed by atoms with E-state index in [0.717, 1.165) is 24.8 Å². The number of rotatable bonds is 6. The van der Waals surface area contributed by atoms with Gasteiger partial charge in [0.15, 0.2) is 0 Å². The lowest BCUT2D eigenvalue weighted by molar-refractivity contribution is -0.393. The van der Waals surface area contributed by atoms with Gasteiger partial charge in [-0.15, -0.1) is 0 Å². The third kappa shape index (κ3) is 4.46. The van der Waals surface area contributed by atoms with Gasteiger partial charge in [-0.3, -0.25) is 30.1 Å².